The zero-order valence-corrected chi connectivity index (χ0v) is 11.2. The third-order valence-electron chi connectivity index (χ3n) is 2.91. The number of rotatable bonds is 3. The Kier molecular flexibility index (Phi) is 3.81. The minimum absolute atomic E-state index is 0.231. The van der Waals surface area contributed by atoms with E-state index in [0.29, 0.717) is 25.4 Å². The van der Waals surface area contributed by atoms with Crippen LogP contribution in [0.3, 0.4) is 0 Å². The van der Waals surface area contributed by atoms with Crippen molar-refractivity contribution in [3.63, 3.8) is 0 Å². The second-order valence-electron chi connectivity index (χ2n) is 4.21. The fraction of sp³-hybridized carbons (Fsp3) is 0.417. The predicted octanol–water partition coefficient (Wildman–Crippen LogP) is 1.60. The minimum Gasteiger partial charge on any atom is -0.338 e. The van der Waals surface area contributed by atoms with Crippen molar-refractivity contribution in [2.24, 2.45) is 11.7 Å². The van der Waals surface area contributed by atoms with E-state index < -0.39 is 0 Å². The summed E-state index contributed by atoms with van der Waals surface area (Å²) in [5.41, 5.74) is 6.78. The normalized spacial score (nSPS) is 20.5. The van der Waals surface area contributed by atoms with Gasteiger partial charge in [0, 0.05) is 23.1 Å². The lowest BCUT2D eigenvalue weighted by Gasteiger charge is -2.16. The van der Waals surface area contributed by atoms with Crippen LogP contribution < -0.4 is 5.73 Å². The van der Waals surface area contributed by atoms with E-state index in [1.165, 1.54) is 9.13 Å². The third-order valence-corrected chi connectivity index (χ3v) is 3.63. The van der Waals surface area contributed by atoms with Crippen LogP contribution >= 0.6 is 22.6 Å². The molecule has 0 aliphatic carbocycles. The molecule has 1 aromatic rings. The van der Waals surface area contributed by atoms with E-state index in [2.05, 4.69) is 46.9 Å². The SMILES string of the molecule is NCC1CC(=O)N(Cc2ccc(I)cc2)C1. The average molecular weight is 330 g/mol. The van der Waals surface area contributed by atoms with Crippen LogP contribution in [-0.2, 0) is 11.3 Å². The predicted molar refractivity (Wildman–Crippen MR) is 71.7 cm³/mol. The summed E-state index contributed by atoms with van der Waals surface area (Å²) in [5.74, 6) is 0.574. The molecule has 1 heterocycles. The van der Waals surface area contributed by atoms with Crippen molar-refractivity contribution >= 4 is 28.5 Å². The lowest BCUT2D eigenvalue weighted by atomic mass is 10.1. The molecule has 0 aromatic heterocycles. The van der Waals surface area contributed by atoms with Crippen LogP contribution in [0.15, 0.2) is 24.3 Å². The van der Waals surface area contributed by atoms with E-state index in [9.17, 15) is 4.79 Å². The standard InChI is InChI=1S/C12H15IN2O/c13-11-3-1-9(2-4-11)7-15-8-10(6-14)5-12(15)16/h1-4,10H,5-8,14H2. The lowest BCUT2D eigenvalue weighted by molar-refractivity contribution is -0.128. The molecule has 1 saturated heterocycles. The summed E-state index contributed by atoms with van der Waals surface area (Å²) in [6.45, 7) is 2.13. The Labute approximate surface area is 109 Å². The molecule has 86 valence electrons. The van der Waals surface area contributed by atoms with Gasteiger partial charge >= 0.3 is 0 Å². The van der Waals surface area contributed by atoms with Gasteiger partial charge in [-0.2, -0.15) is 0 Å². The topological polar surface area (TPSA) is 46.3 Å². The molecule has 0 saturated carbocycles. The fourth-order valence-corrected chi connectivity index (χ4v) is 2.33. The molecular formula is C12H15IN2O. The number of hydrogen-bond donors (Lipinski definition) is 1. The van der Waals surface area contributed by atoms with Gasteiger partial charge in [0.15, 0.2) is 0 Å². The van der Waals surface area contributed by atoms with E-state index in [-0.39, 0.29) is 5.91 Å². The number of likely N-dealkylation sites (tertiary alicyclic amines) is 1. The fourth-order valence-electron chi connectivity index (χ4n) is 1.97. The minimum atomic E-state index is 0.231. The summed E-state index contributed by atoms with van der Waals surface area (Å²) < 4.78 is 1.22. The van der Waals surface area contributed by atoms with Crippen LogP contribution in [0, 0.1) is 9.49 Å². The highest BCUT2D eigenvalue weighted by atomic mass is 127. The number of halogens is 1. The smallest absolute Gasteiger partial charge is 0.223 e. The molecule has 4 heteroatoms. The number of benzene rings is 1. The van der Waals surface area contributed by atoms with Crippen LogP contribution in [0.5, 0.6) is 0 Å². The van der Waals surface area contributed by atoms with Gasteiger partial charge < -0.3 is 10.6 Å². The van der Waals surface area contributed by atoms with Gasteiger partial charge in [-0.15, -0.1) is 0 Å². The second kappa shape index (κ2) is 5.14. The first-order valence-electron chi connectivity index (χ1n) is 5.41. The van der Waals surface area contributed by atoms with Crippen molar-refractivity contribution in [2.45, 2.75) is 13.0 Å². The first-order chi connectivity index (χ1) is 7.69. The van der Waals surface area contributed by atoms with Crippen molar-refractivity contribution in [2.75, 3.05) is 13.1 Å². The monoisotopic (exact) mass is 330 g/mol. The van der Waals surface area contributed by atoms with Gasteiger partial charge in [0.1, 0.15) is 0 Å². The highest BCUT2D eigenvalue weighted by Crippen LogP contribution is 2.19. The highest BCUT2D eigenvalue weighted by molar-refractivity contribution is 14.1. The summed E-state index contributed by atoms with van der Waals surface area (Å²) in [6.07, 6.45) is 0.612. The van der Waals surface area contributed by atoms with Gasteiger partial charge in [-0.3, -0.25) is 4.79 Å². The number of carbonyl (C=O) groups excluding carboxylic acids is 1. The Morgan fingerprint density at radius 3 is 2.62 bits per heavy atom. The molecule has 1 fully saturated rings. The number of hydrogen-bond acceptors (Lipinski definition) is 2. The highest BCUT2D eigenvalue weighted by Gasteiger charge is 2.28. The average Bonchev–Trinajstić information content (AvgIpc) is 2.63. The van der Waals surface area contributed by atoms with E-state index in [1.54, 1.807) is 0 Å². The van der Waals surface area contributed by atoms with Gasteiger partial charge in [-0.1, -0.05) is 12.1 Å². The number of nitrogens with zero attached hydrogens (tertiary/aromatic N) is 1. The molecule has 1 unspecified atom stereocenters. The Hall–Kier alpha value is -0.620. The summed E-state index contributed by atoms with van der Waals surface area (Å²) in [7, 11) is 0. The molecule has 1 atom stereocenters. The van der Waals surface area contributed by atoms with Gasteiger partial charge in [0.05, 0.1) is 0 Å². The quantitative estimate of drug-likeness (QED) is 0.856. The number of amides is 1. The van der Waals surface area contributed by atoms with E-state index in [4.69, 9.17) is 5.73 Å². The largest absolute Gasteiger partial charge is 0.338 e. The molecule has 1 aliphatic heterocycles. The molecule has 1 amide bonds. The molecule has 3 nitrogen and oxygen atoms in total. The Morgan fingerprint density at radius 2 is 2.06 bits per heavy atom. The molecule has 2 rings (SSSR count). The molecule has 16 heavy (non-hydrogen) atoms. The van der Waals surface area contributed by atoms with Crippen LogP contribution in [0.1, 0.15) is 12.0 Å². The van der Waals surface area contributed by atoms with Crippen molar-refractivity contribution < 1.29 is 4.79 Å². The van der Waals surface area contributed by atoms with Gasteiger partial charge in [0.25, 0.3) is 0 Å². The summed E-state index contributed by atoms with van der Waals surface area (Å²) in [6, 6.07) is 8.28. The van der Waals surface area contributed by atoms with Crippen LogP contribution in [0.25, 0.3) is 0 Å². The first kappa shape index (κ1) is 11.9. The van der Waals surface area contributed by atoms with Crippen LogP contribution in [0.2, 0.25) is 0 Å². The Bertz CT molecular complexity index is 377. The van der Waals surface area contributed by atoms with Gasteiger partial charge in [0.2, 0.25) is 5.91 Å². The first-order valence-corrected chi connectivity index (χ1v) is 6.49. The van der Waals surface area contributed by atoms with Crippen molar-refractivity contribution in [3.05, 3.63) is 33.4 Å². The number of carbonyl (C=O) groups is 1. The zero-order chi connectivity index (χ0) is 11.5. The zero-order valence-electron chi connectivity index (χ0n) is 9.03. The van der Waals surface area contributed by atoms with E-state index in [1.807, 2.05) is 4.90 Å². The summed E-state index contributed by atoms with van der Waals surface area (Å²) in [4.78, 5) is 13.6. The van der Waals surface area contributed by atoms with Gasteiger partial charge in [-0.05, 0) is 52.7 Å². The molecule has 1 aromatic carbocycles. The number of nitrogens with two attached hydrogens (primary N) is 1. The van der Waals surface area contributed by atoms with Crippen molar-refractivity contribution in [1.29, 1.82) is 0 Å². The molecular weight excluding hydrogens is 315 g/mol. The third kappa shape index (κ3) is 2.74. The molecule has 1 aliphatic rings. The van der Waals surface area contributed by atoms with E-state index in [0.717, 1.165) is 6.54 Å². The second-order valence-corrected chi connectivity index (χ2v) is 5.45. The van der Waals surface area contributed by atoms with Crippen LogP contribution in [0.4, 0.5) is 0 Å². The maximum absolute atomic E-state index is 11.7. The molecule has 2 N–H and O–H groups in total. The van der Waals surface area contributed by atoms with Crippen LogP contribution in [-0.4, -0.2) is 23.9 Å². The van der Waals surface area contributed by atoms with E-state index >= 15 is 0 Å². The lowest BCUT2D eigenvalue weighted by Crippen LogP contribution is -2.25. The summed E-state index contributed by atoms with van der Waals surface area (Å²) >= 11 is 2.28. The maximum atomic E-state index is 11.7. The molecule has 0 spiro atoms. The summed E-state index contributed by atoms with van der Waals surface area (Å²) in [5, 5.41) is 0. The Balaban J connectivity index is 2.00. The molecule has 0 radical (unpaired) electrons. The van der Waals surface area contributed by atoms with Crippen molar-refractivity contribution in [1.82, 2.24) is 4.90 Å². The Morgan fingerprint density at radius 1 is 1.38 bits per heavy atom. The maximum Gasteiger partial charge on any atom is 0.223 e. The van der Waals surface area contributed by atoms with Crippen molar-refractivity contribution in [3.8, 4) is 0 Å². The van der Waals surface area contributed by atoms with Gasteiger partial charge in [-0.25, -0.2) is 0 Å². The molecule has 0 bridgehead atoms.